The minimum Gasteiger partial charge on any atom is -0.336 e. The van der Waals surface area contributed by atoms with Gasteiger partial charge in [-0.05, 0) is 11.6 Å². The summed E-state index contributed by atoms with van der Waals surface area (Å²) in [4.78, 5) is 32.7. The van der Waals surface area contributed by atoms with Crippen molar-refractivity contribution in [3.63, 3.8) is 0 Å². The van der Waals surface area contributed by atoms with Gasteiger partial charge in [0.1, 0.15) is 11.3 Å². The number of hydrogen-bond donors (Lipinski definition) is 2. The van der Waals surface area contributed by atoms with Crippen LogP contribution in [0.2, 0.25) is 0 Å². The molecule has 0 fully saturated rings. The summed E-state index contributed by atoms with van der Waals surface area (Å²) in [6, 6.07) is 9.29. The van der Waals surface area contributed by atoms with Gasteiger partial charge in [0.2, 0.25) is 0 Å². The van der Waals surface area contributed by atoms with Gasteiger partial charge in [-0.1, -0.05) is 18.2 Å². The minimum atomic E-state index is -0.511. The van der Waals surface area contributed by atoms with Crippen molar-refractivity contribution in [2.24, 2.45) is 7.05 Å². The first kappa shape index (κ1) is 12.9. The van der Waals surface area contributed by atoms with Crippen LogP contribution in [0.5, 0.6) is 0 Å². The molecule has 7 nitrogen and oxygen atoms in total. The number of nitrogens with one attached hydrogen (secondary N) is 2. The molecule has 0 aliphatic rings. The Labute approximate surface area is 118 Å². The van der Waals surface area contributed by atoms with E-state index in [1.165, 1.54) is 11.6 Å². The second-order valence-corrected chi connectivity index (χ2v) is 4.65. The number of nitriles is 1. The highest BCUT2D eigenvalue weighted by molar-refractivity contribution is 5.69. The van der Waals surface area contributed by atoms with Crippen molar-refractivity contribution < 1.29 is 0 Å². The fourth-order valence-corrected chi connectivity index (χ4v) is 2.20. The largest absolute Gasteiger partial charge is 0.336 e. The third-order valence-corrected chi connectivity index (χ3v) is 3.30. The van der Waals surface area contributed by atoms with Crippen LogP contribution in [0.4, 0.5) is 0 Å². The number of nitrogens with zero attached hydrogens (tertiary/aromatic N) is 3. The van der Waals surface area contributed by atoms with E-state index in [-0.39, 0.29) is 5.52 Å². The smallest absolute Gasteiger partial charge is 0.329 e. The molecule has 21 heavy (non-hydrogen) atoms. The second-order valence-electron chi connectivity index (χ2n) is 4.65. The first-order valence-corrected chi connectivity index (χ1v) is 6.26. The maximum Gasteiger partial charge on any atom is 0.329 e. The Kier molecular flexibility index (Phi) is 2.92. The van der Waals surface area contributed by atoms with Gasteiger partial charge in [-0.15, -0.1) is 0 Å². The highest BCUT2D eigenvalue weighted by Gasteiger charge is 2.12. The molecule has 1 aromatic carbocycles. The van der Waals surface area contributed by atoms with Crippen LogP contribution in [0.15, 0.2) is 33.9 Å². The zero-order valence-electron chi connectivity index (χ0n) is 11.2. The lowest BCUT2D eigenvalue weighted by Gasteiger charge is -2.00. The predicted octanol–water partition coefficient (Wildman–Crippen LogP) is 0.412. The molecule has 7 heteroatoms. The summed E-state index contributed by atoms with van der Waals surface area (Å²) >= 11 is 0. The van der Waals surface area contributed by atoms with Gasteiger partial charge < -0.3 is 4.98 Å². The van der Waals surface area contributed by atoms with E-state index in [2.05, 4.69) is 21.0 Å². The van der Waals surface area contributed by atoms with Crippen molar-refractivity contribution in [1.82, 2.24) is 19.5 Å². The molecule has 0 saturated carbocycles. The molecule has 3 aromatic rings. The molecule has 0 spiro atoms. The lowest BCUT2D eigenvalue weighted by molar-refractivity contribution is 0.830. The van der Waals surface area contributed by atoms with Gasteiger partial charge in [0.15, 0.2) is 5.65 Å². The predicted molar refractivity (Wildman–Crippen MR) is 75.9 cm³/mol. The van der Waals surface area contributed by atoms with Crippen LogP contribution in [0.25, 0.3) is 11.2 Å². The molecular formula is C14H11N5O2. The topological polar surface area (TPSA) is 107 Å². The third kappa shape index (κ3) is 2.12. The van der Waals surface area contributed by atoms with Gasteiger partial charge in [0, 0.05) is 13.5 Å². The lowest BCUT2D eigenvalue weighted by atomic mass is 10.1. The van der Waals surface area contributed by atoms with Gasteiger partial charge in [-0.2, -0.15) is 5.26 Å². The van der Waals surface area contributed by atoms with Gasteiger partial charge in [0.05, 0.1) is 11.6 Å². The fourth-order valence-electron chi connectivity index (χ4n) is 2.20. The van der Waals surface area contributed by atoms with Crippen LogP contribution in [-0.4, -0.2) is 19.5 Å². The number of aryl methyl sites for hydroxylation is 1. The van der Waals surface area contributed by atoms with Crippen LogP contribution >= 0.6 is 0 Å². The molecule has 2 N–H and O–H groups in total. The molecule has 0 saturated heterocycles. The number of benzene rings is 1. The Morgan fingerprint density at radius 1 is 1.29 bits per heavy atom. The Bertz CT molecular complexity index is 987. The van der Waals surface area contributed by atoms with Crippen molar-refractivity contribution in [3.8, 4) is 6.07 Å². The average Bonchev–Trinajstić information content (AvgIpc) is 2.90. The standard InChI is InChI=1S/C14H11N5O2/c1-19-12-11(13(20)18-14(19)21)16-10(17-12)6-8-4-2-3-5-9(8)7-15/h2-5H,6H2,1H3,(H,16,17)(H,18,20,21). The Balaban J connectivity index is 2.13. The SMILES string of the molecule is Cn1c(=O)[nH]c(=O)c2[nH]c(Cc3ccccc3C#N)nc21. The normalized spacial score (nSPS) is 10.7. The van der Waals surface area contributed by atoms with Gasteiger partial charge in [-0.3, -0.25) is 14.3 Å². The van der Waals surface area contributed by atoms with Crippen molar-refractivity contribution in [3.05, 3.63) is 62.1 Å². The highest BCUT2D eigenvalue weighted by atomic mass is 16.2. The lowest BCUT2D eigenvalue weighted by Crippen LogP contribution is -2.28. The Morgan fingerprint density at radius 3 is 2.81 bits per heavy atom. The van der Waals surface area contributed by atoms with Crippen LogP contribution in [0, 0.1) is 11.3 Å². The number of H-pyrrole nitrogens is 2. The number of aromatic amines is 2. The van der Waals surface area contributed by atoms with Crippen LogP contribution in [0.3, 0.4) is 0 Å². The number of imidazole rings is 1. The van der Waals surface area contributed by atoms with E-state index in [9.17, 15) is 9.59 Å². The molecule has 0 aliphatic heterocycles. The maximum atomic E-state index is 11.7. The van der Waals surface area contributed by atoms with E-state index in [4.69, 9.17) is 5.26 Å². The average molecular weight is 281 g/mol. The zero-order valence-corrected chi connectivity index (χ0v) is 11.2. The summed E-state index contributed by atoms with van der Waals surface area (Å²) < 4.78 is 1.27. The van der Waals surface area contributed by atoms with E-state index in [0.717, 1.165) is 5.56 Å². The van der Waals surface area contributed by atoms with E-state index in [0.29, 0.717) is 23.5 Å². The third-order valence-electron chi connectivity index (χ3n) is 3.30. The molecule has 2 aromatic heterocycles. The van der Waals surface area contributed by atoms with Gasteiger partial charge in [0.25, 0.3) is 5.56 Å². The Hall–Kier alpha value is -3.14. The minimum absolute atomic E-state index is 0.251. The summed E-state index contributed by atoms with van der Waals surface area (Å²) in [5.74, 6) is 0.527. The molecule has 0 amide bonds. The summed E-state index contributed by atoms with van der Waals surface area (Å²) in [6.07, 6.45) is 0.381. The molecule has 2 heterocycles. The molecule has 0 bridgehead atoms. The van der Waals surface area contributed by atoms with Crippen LogP contribution in [-0.2, 0) is 13.5 Å². The number of rotatable bonds is 2. The van der Waals surface area contributed by atoms with E-state index in [1.807, 2.05) is 12.1 Å². The summed E-state index contributed by atoms with van der Waals surface area (Å²) in [5.41, 5.74) is 0.902. The van der Waals surface area contributed by atoms with E-state index >= 15 is 0 Å². The molecular weight excluding hydrogens is 270 g/mol. The van der Waals surface area contributed by atoms with Gasteiger partial charge in [-0.25, -0.2) is 9.78 Å². The first-order valence-electron chi connectivity index (χ1n) is 6.26. The van der Waals surface area contributed by atoms with Crippen molar-refractivity contribution >= 4 is 11.2 Å². The fraction of sp³-hybridized carbons (Fsp3) is 0.143. The maximum absolute atomic E-state index is 11.7. The molecule has 0 unspecified atom stereocenters. The van der Waals surface area contributed by atoms with Crippen LogP contribution in [0.1, 0.15) is 17.0 Å². The number of hydrogen-bond acceptors (Lipinski definition) is 4. The summed E-state index contributed by atoms with van der Waals surface area (Å²) in [5, 5.41) is 9.08. The molecule has 104 valence electrons. The molecule has 0 atom stereocenters. The molecule has 0 radical (unpaired) electrons. The van der Waals surface area contributed by atoms with Crippen LogP contribution < -0.4 is 11.2 Å². The van der Waals surface area contributed by atoms with E-state index < -0.39 is 11.2 Å². The van der Waals surface area contributed by atoms with E-state index in [1.54, 1.807) is 12.1 Å². The van der Waals surface area contributed by atoms with Gasteiger partial charge >= 0.3 is 5.69 Å². The monoisotopic (exact) mass is 281 g/mol. The second kappa shape index (κ2) is 4.76. The quantitative estimate of drug-likeness (QED) is 0.709. The number of fused-ring (bicyclic) bond motifs is 1. The highest BCUT2D eigenvalue weighted by Crippen LogP contribution is 2.13. The van der Waals surface area contributed by atoms with Crippen molar-refractivity contribution in [1.29, 1.82) is 5.26 Å². The zero-order chi connectivity index (χ0) is 15.0. The summed E-state index contributed by atoms with van der Waals surface area (Å²) in [7, 11) is 1.54. The first-order chi connectivity index (χ1) is 10.1. The molecule has 3 rings (SSSR count). The van der Waals surface area contributed by atoms with Crippen molar-refractivity contribution in [2.75, 3.05) is 0 Å². The number of aromatic nitrogens is 4. The Morgan fingerprint density at radius 2 is 2.05 bits per heavy atom. The molecule has 0 aliphatic carbocycles. The summed E-state index contributed by atoms with van der Waals surface area (Å²) in [6.45, 7) is 0. The van der Waals surface area contributed by atoms with Crippen molar-refractivity contribution in [2.45, 2.75) is 6.42 Å².